The maximum Gasteiger partial charge on any atom is 0.237 e. The molecule has 8 heteroatoms. The monoisotopic (exact) mass is 381 g/mol. The van der Waals surface area contributed by atoms with E-state index in [0.29, 0.717) is 26.3 Å². The van der Waals surface area contributed by atoms with Gasteiger partial charge in [0.2, 0.25) is 11.8 Å². The quantitative estimate of drug-likeness (QED) is 0.835. The molecule has 1 atom stereocenters. The van der Waals surface area contributed by atoms with E-state index in [2.05, 4.69) is 5.32 Å². The van der Waals surface area contributed by atoms with E-state index in [0.717, 1.165) is 18.9 Å². The van der Waals surface area contributed by atoms with Gasteiger partial charge in [0.1, 0.15) is 0 Å². The molecule has 148 valence electrons. The summed E-state index contributed by atoms with van der Waals surface area (Å²) in [5, 5.41) is 2.76. The Hall–Kier alpha value is -2.06. The molecule has 0 spiro atoms. The molecule has 1 aromatic rings. The third-order valence-corrected chi connectivity index (χ3v) is 5.35. The molecule has 0 radical (unpaired) electrons. The van der Waals surface area contributed by atoms with Crippen molar-refractivity contribution in [1.82, 2.24) is 15.1 Å². The Balaban J connectivity index is 1.69. The molecule has 0 aliphatic carbocycles. The Morgan fingerprint density at radius 3 is 2.81 bits per heavy atom. The maximum atomic E-state index is 14.0. The zero-order chi connectivity index (χ0) is 19.4. The van der Waals surface area contributed by atoms with Crippen LogP contribution in [0.3, 0.4) is 0 Å². The van der Waals surface area contributed by atoms with E-state index in [1.807, 2.05) is 0 Å². The van der Waals surface area contributed by atoms with E-state index < -0.39 is 17.7 Å². The smallest absolute Gasteiger partial charge is 0.237 e. The Bertz CT molecular complexity index is 695. The van der Waals surface area contributed by atoms with Gasteiger partial charge in [0.15, 0.2) is 11.6 Å². The van der Waals surface area contributed by atoms with E-state index in [4.69, 9.17) is 4.74 Å². The van der Waals surface area contributed by atoms with Crippen LogP contribution in [0.4, 0.5) is 8.78 Å². The van der Waals surface area contributed by atoms with Crippen LogP contribution in [0, 0.1) is 11.6 Å². The van der Waals surface area contributed by atoms with Crippen LogP contribution in [-0.2, 0) is 20.9 Å². The molecule has 6 nitrogen and oxygen atoms in total. The van der Waals surface area contributed by atoms with Crippen molar-refractivity contribution in [3.63, 3.8) is 0 Å². The SMILES string of the molecule is CN(C(=O)C[C@@H]1C(=O)NCCN1Cc1cccc(F)c1F)C1CCOCC1. The highest BCUT2D eigenvalue weighted by Gasteiger charge is 2.34. The molecule has 2 heterocycles. The lowest BCUT2D eigenvalue weighted by Gasteiger charge is -2.37. The number of carbonyl (C=O) groups excluding carboxylic acids is 2. The van der Waals surface area contributed by atoms with Gasteiger partial charge in [0.25, 0.3) is 0 Å². The first-order chi connectivity index (χ1) is 13.0. The Labute approximate surface area is 157 Å². The van der Waals surface area contributed by atoms with Crippen molar-refractivity contribution in [2.24, 2.45) is 0 Å². The minimum atomic E-state index is -0.916. The lowest BCUT2D eigenvalue weighted by Crippen LogP contribution is -2.56. The van der Waals surface area contributed by atoms with Crippen LogP contribution in [-0.4, -0.2) is 67.0 Å². The fraction of sp³-hybridized carbons (Fsp3) is 0.579. The second-order valence-electron chi connectivity index (χ2n) is 7.04. The van der Waals surface area contributed by atoms with Gasteiger partial charge in [0.05, 0.1) is 12.5 Å². The zero-order valence-electron chi connectivity index (χ0n) is 15.4. The van der Waals surface area contributed by atoms with Gasteiger partial charge in [0, 0.05) is 51.5 Å². The summed E-state index contributed by atoms with van der Waals surface area (Å²) in [6.45, 7) is 2.21. The Kier molecular flexibility index (Phi) is 6.38. The average Bonchev–Trinajstić information content (AvgIpc) is 2.68. The second kappa shape index (κ2) is 8.75. The predicted molar refractivity (Wildman–Crippen MR) is 94.8 cm³/mol. The number of nitrogens with zero attached hydrogens (tertiary/aromatic N) is 2. The summed E-state index contributed by atoms with van der Waals surface area (Å²) in [7, 11) is 1.75. The number of hydrogen-bond acceptors (Lipinski definition) is 4. The van der Waals surface area contributed by atoms with Crippen LogP contribution in [0.2, 0.25) is 0 Å². The molecule has 2 aliphatic heterocycles. The third kappa shape index (κ3) is 4.62. The molecule has 1 N–H and O–H groups in total. The lowest BCUT2D eigenvalue weighted by molar-refractivity contribution is -0.140. The fourth-order valence-corrected chi connectivity index (χ4v) is 3.65. The van der Waals surface area contributed by atoms with Crippen LogP contribution in [0.15, 0.2) is 18.2 Å². The minimum absolute atomic E-state index is 0.0105. The van der Waals surface area contributed by atoms with Crippen molar-refractivity contribution in [2.75, 3.05) is 33.4 Å². The summed E-state index contributed by atoms with van der Waals surface area (Å²) >= 11 is 0. The van der Waals surface area contributed by atoms with E-state index in [9.17, 15) is 18.4 Å². The number of nitrogens with one attached hydrogen (secondary N) is 1. The summed E-state index contributed by atoms with van der Waals surface area (Å²) in [6.07, 6.45) is 1.56. The molecule has 3 rings (SSSR count). The number of benzene rings is 1. The van der Waals surface area contributed by atoms with Crippen LogP contribution in [0.25, 0.3) is 0 Å². The van der Waals surface area contributed by atoms with Gasteiger partial charge >= 0.3 is 0 Å². The molecular weight excluding hydrogens is 356 g/mol. The largest absolute Gasteiger partial charge is 0.381 e. The molecule has 1 aromatic carbocycles. The summed E-state index contributed by atoms with van der Waals surface area (Å²) < 4.78 is 32.8. The molecule has 0 aromatic heterocycles. The topological polar surface area (TPSA) is 61.9 Å². The highest BCUT2D eigenvalue weighted by molar-refractivity contribution is 5.88. The molecule has 2 saturated heterocycles. The van der Waals surface area contributed by atoms with Crippen LogP contribution in [0.5, 0.6) is 0 Å². The van der Waals surface area contributed by atoms with Crippen molar-refractivity contribution in [3.05, 3.63) is 35.4 Å². The summed E-state index contributed by atoms with van der Waals surface area (Å²) in [4.78, 5) is 28.5. The first-order valence-electron chi connectivity index (χ1n) is 9.25. The summed E-state index contributed by atoms with van der Waals surface area (Å²) in [5.74, 6) is -2.21. The van der Waals surface area contributed by atoms with Crippen molar-refractivity contribution >= 4 is 11.8 Å². The van der Waals surface area contributed by atoms with Crippen LogP contribution < -0.4 is 5.32 Å². The maximum absolute atomic E-state index is 14.0. The molecule has 0 unspecified atom stereocenters. The molecule has 27 heavy (non-hydrogen) atoms. The predicted octanol–water partition coefficient (Wildman–Crippen LogP) is 1.29. The summed E-state index contributed by atoms with van der Waals surface area (Å²) in [5.41, 5.74) is 0.180. The average molecular weight is 381 g/mol. The van der Waals surface area contributed by atoms with E-state index in [1.165, 1.54) is 12.1 Å². The van der Waals surface area contributed by atoms with Crippen molar-refractivity contribution in [2.45, 2.75) is 37.9 Å². The van der Waals surface area contributed by atoms with Crippen molar-refractivity contribution < 1.29 is 23.1 Å². The highest BCUT2D eigenvalue weighted by atomic mass is 19.2. The number of carbonyl (C=O) groups is 2. The van der Waals surface area contributed by atoms with Gasteiger partial charge in [-0.2, -0.15) is 0 Å². The van der Waals surface area contributed by atoms with Gasteiger partial charge in [-0.25, -0.2) is 8.78 Å². The fourth-order valence-electron chi connectivity index (χ4n) is 3.65. The molecule has 0 saturated carbocycles. The van der Waals surface area contributed by atoms with E-state index in [-0.39, 0.29) is 36.4 Å². The lowest BCUT2D eigenvalue weighted by atomic mass is 10.0. The third-order valence-electron chi connectivity index (χ3n) is 5.35. The standard InChI is InChI=1S/C19H25F2N3O3/c1-23(14-5-9-27-10-6-14)17(25)11-16-19(26)22-7-8-24(16)12-13-3-2-4-15(20)18(13)21/h2-4,14,16H,5-12H2,1H3,(H,22,26)/t16-/m1/s1. The molecule has 0 bridgehead atoms. The Morgan fingerprint density at radius 2 is 2.07 bits per heavy atom. The summed E-state index contributed by atoms with van der Waals surface area (Å²) in [6, 6.07) is 3.41. The molecule has 2 aliphatic rings. The normalized spacial score (nSPS) is 21.7. The van der Waals surface area contributed by atoms with Gasteiger partial charge in [-0.3, -0.25) is 14.5 Å². The second-order valence-corrected chi connectivity index (χ2v) is 7.04. The number of amides is 2. The van der Waals surface area contributed by atoms with Gasteiger partial charge in [-0.1, -0.05) is 12.1 Å². The molecule has 2 amide bonds. The first kappa shape index (κ1) is 19.7. The van der Waals surface area contributed by atoms with Crippen LogP contribution >= 0.6 is 0 Å². The number of rotatable bonds is 5. The Morgan fingerprint density at radius 1 is 1.33 bits per heavy atom. The molecular formula is C19H25F2N3O3. The van der Waals surface area contributed by atoms with Gasteiger partial charge in [-0.15, -0.1) is 0 Å². The van der Waals surface area contributed by atoms with Gasteiger partial charge in [-0.05, 0) is 18.9 Å². The first-order valence-corrected chi connectivity index (χ1v) is 9.25. The van der Waals surface area contributed by atoms with Crippen molar-refractivity contribution in [3.8, 4) is 0 Å². The minimum Gasteiger partial charge on any atom is -0.381 e. The van der Waals surface area contributed by atoms with E-state index in [1.54, 1.807) is 16.8 Å². The van der Waals surface area contributed by atoms with Gasteiger partial charge < -0.3 is 15.0 Å². The molecule has 2 fully saturated rings. The van der Waals surface area contributed by atoms with Crippen LogP contribution in [0.1, 0.15) is 24.8 Å². The number of ether oxygens (including phenoxy) is 1. The highest BCUT2D eigenvalue weighted by Crippen LogP contribution is 2.20. The zero-order valence-corrected chi connectivity index (χ0v) is 15.4. The number of hydrogen-bond donors (Lipinski definition) is 1. The number of piperazine rings is 1. The van der Waals surface area contributed by atoms with E-state index >= 15 is 0 Å². The van der Waals surface area contributed by atoms with Crippen molar-refractivity contribution in [1.29, 1.82) is 0 Å². The number of halogens is 2.